The third kappa shape index (κ3) is 4.39. The largest absolute Gasteiger partial charge is 0.493 e. The zero-order chi connectivity index (χ0) is 13.5. The molecule has 1 aromatic rings. The van der Waals surface area contributed by atoms with Crippen LogP contribution in [0.2, 0.25) is 0 Å². The number of halogens is 2. The maximum atomic E-state index is 11.1. The molecule has 0 fully saturated rings. The van der Waals surface area contributed by atoms with Gasteiger partial charge in [0.2, 0.25) is 5.24 Å². The van der Waals surface area contributed by atoms with Crippen LogP contribution in [0, 0.1) is 0 Å². The maximum absolute atomic E-state index is 11.1. The first-order valence-corrected chi connectivity index (χ1v) is 5.80. The van der Waals surface area contributed by atoms with Crippen molar-refractivity contribution in [3.8, 4) is 11.5 Å². The molecule has 0 heterocycles. The third-order valence-corrected chi connectivity index (χ3v) is 2.27. The number of benzene rings is 1. The van der Waals surface area contributed by atoms with Gasteiger partial charge in [0.25, 0.3) is 0 Å². The van der Waals surface area contributed by atoms with E-state index in [9.17, 15) is 9.59 Å². The number of alkyl halides is 1. The molecule has 0 saturated heterocycles. The monoisotopic (exact) mass is 288 g/mol. The second-order valence-electron chi connectivity index (χ2n) is 3.16. The first-order chi connectivity index (χ1) is 8.56. The first-order valence-electron chi connectivity index (χ1n) is 4.89. The minimum atomic E-state index is -0.577. The Bertz CT molecular complexity index is 483. The molecular formula is C12H10Cl2O4. The second kappa shape index (κ2) is 7.03. The van der Waals surface area contributed by atoms with Gasteiger partial charge in [0.1, 0.15) is 5.88 Å². The topological polar surface area (TPSA) is 52.6 Å². The van der Waals surface area contributed by atoms with Gasteiger partial charge in [-0.1, -0.05) is 12.1 Å². The standard InChI is InChI=1S/C12H10Cl2O4/c1-17-10-6-8(3-5-11(14)15)2-4-9(10)18-12(16)7-13/h2-6H,7H2,1H3/b5-3+. The molecule has 0 spiro atoms. The predicted octanol–water partition coefficient (Wildman–Crippen LogP) is 2.62. The molecule has 4 nitrogen and oxygen atoms in total. The molecule has 0 aliphatic rings. The molecule has 0 bridgehead atoms. The first kappa shape index (κ1) is 14.5. The molecule has 96 valence electrons. The van der Waals surface area contributed by atoms with E-state index in [4.69, 9.17) is 32.7 Å². The molecule has 0 N–H and O–H groups in total. The fourth-order valence-corrected chi connectivity index (χ4v) is 1.30. The molecule has 0 saturated carbocycles. The van der Waals surface area contributed by atoms with E-state index < -0.39 is 11.2 Å². The fraction of sp³-hybridized carbons (Fsp3) is 0.167. The highest BCUT2D eigenvalue weighted by Gasteiger charge is 2.09. The van der Waals surface area contributed by atoms with E-state index in [0.29, 0.717) is 11.3 Å². The van der Waals surface area contributed by atoms with Crippen molar-refractivity contribution in [3.63, 3.8) is 0 Å². The highest BCUT2D eigenvalue weighted by atomic mass is 35.5. The second-order valence-corrected chi connectivity index (χ2v) is 3.80. The summed E-state index contributed by atoms with van der Waals surface area (Å²) >= 11 is 10.5. The van der Waals surface area contributed by atoms with Crippen LogP contribution in [0.4, 0.5) is 0 Å². The molecule has 0 radical (unpaired) electrons. The van der Waals surface area contributed by atoms with E-state index in [1.807, 2.05) is 0 Å². The van der Waals surface area contributed by atoms with Crippen molar-refractivity contribution < 1.29 is 19.1 Å². The number of carbonyl (C=O) groups is 2. The Kier molecular flexibility index (Phi) is 5.68. The summed E-state index contributed by atoms with van der Waals surface area (Å²) in [5, 5.41) is -0.577. The van der Waals surface area contributed by atoms with E-state index in [2.05, 4.69) is 0 Å². The minimum Gasteiger partial charge on any atom is -0.493 e. The highest BCUT2D eigenvalue weighted by Crippen LogP contribution is 2.28. The summed E-state index contributed by atoms with van der Waals surface area (Å²) in [4.78, 5) is 21.6. The van der Waals surface area contributed by atoms with Crippen molar-refractivity contribution in [3.05, 3.63) is 29.8 Å². The van der Waals surface area contributed by atoms with Crippen LogP contribution in [0.3, 0.4) is 0 Å². The van der Waals surface area contributed by atoms with Gasteiger partial charge >= 0.3 is 5.97 Å². The molecule has 0 aliphatic heterocycles. The van der Waals surface area contributed by atoms with Gasteiger partial charge < -0.3 is 9.47 Å². The Morgan fingerprint density at radius 3 is 2.61 bits per heavy atom. The smallest absolute Gasteiger partial charge is 0.326 e. The van der Waals surface area contributed by atoms with Crippen molar-refractivity contribution in [1.82, 2.24) is 0 Å². The lowest BCUT2D eigenvalue weighted by molar-refractivity contribution is -0.131. The molecule has 0 aliphatic carbocycles. The van der Waals surface area contributed by atoms with Crippen LogP contribution in [-0.2, 0) is 9.59 Å². The van der Waals surface area contributed by atoms with Crippen LogP contribution < -0.4 is 9.47 Å². The summed E-state index contributed by atoms with van der Waals surface area (Å²) in [5.74, 6) is -0.199. The quantitative estimate of drug-likeness (QED) is 0.275. The average Bonchev–Trinajstić information content (AvgIpc) is 2.37. The summed E-state index contributed by atoms with van der Waals surface area (Å²) < 4.78 is 10.0. The Balaban J connectivity index is 2.96. The summed E-state index contributed by atoms with van der Waals surface area (Å²) in [7, 11) is 1.44. The maximum Gasteiger partial charge on any atom is 0.326 e. The predicted molar refractivity (Wildman–Crippen MR) is 69.2 cm³/mol. The number of allylic oxidation sites excluding steroid dienone is 1. The van der Waals surface area contributed by atoms with Crippen molar-refractivity contribution in [1.29, 1.82) is 0 Å². The molecular weight excluding hydrogens is 279 g/mol. The summed E-state index contributed by atoms with van der Waals surface area (Å²) in [6.45, 7) is 0. The Labute approximate surface area is 114 Å². The van der Waals surface area contributed by atoms with Gasteiger partial charge in [0, 0.05) is 0 Å². The number of ether oxygens (including phenoxy) is 2. The summed E-state index contributed by atoms with van der Waals surface area (Å²) in [5.41, 5.74) is 0.687. The molecule has 0 atom stereocenters. The molecule has 18 heavy (non-hydrogen) atoms. The van der Waals surface area contributed by atoms with Gasteiger partial charge in [-0.25, -0.2) is 0 Å². The van der Waals surface area contributed by atoms with Crippen molar-refractivity contribution >= 4 is 40.5 Å². The van der Waals surface area contributed by atoms with Crippen molar-refractivity contribution in [2.45, 2.75) is 0 Å². The van der Waals surface area contributed by atoms with E-state index >= 15 is 0 Å². The number of carbonyl (C=O) groups excluding carboxylic acids is 2. The summed E-state index contributed by atoms with van der Waals surface area (Å²) in [6, 6.07) is 4.80. The normalized spacial score (nSPS) is 10.4. The molecule has 1 rings (SSSR count). The van der Waals surface area contributed by atoms with E-state index in [1.54, 1.807) is 18.2 Å². The minimum absolute atomic E-state index is 0.244. The SMILES string of the molecule is COc1cc(/C=C/C(=O)Cl)ccc1OC(=O)CCl. The molecule has 0 amide bonds. The number of hydrogen-bond acceptors (Lipinski definition) is 4. The lowest BCUT2D eigenvalue weighted by atomic mass is 10.2. The lowest BCUT2D eigenvalue weighted by Crippen LogP contribution is -2.09. The number of hydrogen-bond donors (Lipinski definition) is 0. The number of esters is 1. The summed E-state index contributed by atoms with van der Waals surface area (Å²) in [6.07, 6.45) is 2.73. The van der Waals surface area contributed by atoms with Gasteiger partial charge in [0.05, 0.1) is 7.11 Å². The van der Waals surface area contributed by atoms with Crippen molar-refractivity contribution in [2.75, 3.05) is 13.0 Å². The van der Waals surface area contributed by atoms with Crippen LogP contribution >= 0.6 is 23.2 Å². The zero-order valence-corrected chi connectivity index (χ0v) is 11.0. The third-order valence-electron chi connectivity index (χ3n) is 1.93. The van der Waals surface area contributed by atoms with Crippen LogP contribution in [0.5, 0.6) is 11.5 Å². The van der Waals surface area contributed by atoms with E-state index in [1.165, 1.54) is 19.3 Å². The molecule has 6 heteroatoms. The Morgan fingerprint density at radius 2 is 2.06 bits per heavy atom. The molecule has 0 aromatic heterocycles. The van der Waals surface area contributed by atoms with Crippen LogP contribution in [0.25, 0.3) is 6.08 Å². The van der Waals surface area contributed by atoms with Gasteiger partial charge in [-0.15, -0.1) is 11.6 Å². The average molecular weight is 289 g/mol. The highest BCUT2D eigenvalue weighted by molar-refractivity contribution is 6.66. The van der Waals surface area contributed by atoms with Crippen LogP contribution in [0.15, 0.2) is 24.3 Å². The van der Waals surface area contributed by atoms with Crippen LogP contribution in [-0.4, -0.2) is 24.2 Å². The Morgan fingerprint density at radius 1 is 1.33 bits per heavy atom. The van der Waals surface area contributed by atoms with Gasteiger partial charge in [-0.2, -0.15) is 0 Å². The molecule has 1 aromatic carbocycles. The number of methoxy groups -OCH3 is 1. The van der Waals surface area contributed by atoms with Crippen molar-refractivity contribution in [2.24, 2.45) is 0 Å². The zero-order valence-electron chi connectivity index (χ0n) is 9.48. The van der Waals surface area contributed by atoms with Gasteiger partial charge in [-0.05, 0) is 35.4 Å². The number of rotatable bonds is 5. The Hall–Kier alpha value is -1.52. The van der Waals surface area contributed by atoms with E-state index in [0.717, 1.165) is 0 Å². The van der Waals surface area contributed by atoms with E-state index in [-0.39, 0.29) is 11.6 Å². The molecule has 0 unspecified atom stereocenters. The van der Waals surface area contributed by atoms with Gasteiger partial charge in [0.15, 0.2) is 11.5 Å². The lowest BCUT2D eigenvalue weighted by Gasteiger charge is -2.08. The van der Waals surface area contributed by atoms with Crippen LogP contribution in [0.1, 0.15) is 5.56 Å². The van der Waals surface area contributed by atoms with Gasteiger partial charge in [-0.3, -0.25) is 9.59 Å². The fourth-order valence-electron chi connectivity index (χ4n) is 1.18.